The summed E-state index contributed by atoms with van der Waals surface area (Å²) < 4.78 is 37.7. The number of carbonyl (C=O) groups is 1. The Hall–Kier alpha value is -2.79. The van der Waals surface area contributed by atoms with E-state index in [0.717, 1.165) is 16.1 Å². The van der Waals surface area contributed by atoms with Crippen LogP contribution in [-0.2, 0) is 21.4 Å². The molecule has 0 aliphatic heterocycles. The van der Waals surface area contributed by atoms with Crippen molar-refractivity contribution in [2.24, 2.45) is 5.10 Å². The molecule has 3 aromatic rings. The summed E-state index contributed by atoms with van der Waals surface area (Å²) in [6.07, 6.45) is 2.42. The Morgan fingerprint density at radius 1 is 1.16 bits per heavy atom. The fourth-order valence-corrected chi connectivity index (χ4v) is 5.06. The minimum atomic E-state index is -3.76. The number of hydrogen-bond acceptors (Lipinski definition) is 6. The third kappa shape index (κ3) is 7.85. The van der Waals surface area contributed by atoms with Crippen LogP contribution < -0.4 is 19.2 Å². The van der Waals surface area contributed by atoms with Gasteiger partial charge in [-0.3, -0.25) is 9.10 Å². The number of halogens is 3. The van der Waals surface area contributed by atoms with Crippen LogP contribution in [0.15, 0.2) is 64.2 Å². The molecule has 3 rings (SSSR count). The van der Waals surface area contributed by atoms with Crippen molar-refractivity contribution < 1.29 is 22.7 Å². The topological polar surface area (TPSA) is 97.3 Å². The maximum Gasteiger partial charge on any atom is 0.260 e. The van der Waals surface area contributed by atoms with Crippen molar-refractivity contribution in [2.75, 3.05) is 24.2 Å². The van der Waals surface area contributed by atoms with Crippen molar-refractivity contribution in [3.63, 3.8) is 0 Å². The van der Waals surface area contributed by atoms with Gasteiger partial charge in [-0.1, -0.05) is 41.4 Å². The number of ether oxygens (including phenoxy) is 2. The number of benzene rings is 3. The Labute approximate surface area is 234 Å². The molecule has 0 saturated carbocycles. The summed E-state index contributed by atoms with van der Waals surface area (Å²) in [5.41, 5.74) is 4.75. The molecule has 0 bridgehead atoms. The third-order valence-electron chi connectivity index (χ3n) is 5.15. The minimum Gasteiger partial charge on any atom is -0.493 e. The van der Waals surface area contributed by atoms with Gasteiger partial charge in [0.15, 0.2) is 11.5 Å². The molecule has 0 aliphatic rings. The van der Waals surface area contributed by atoms with E-state index in [9.17, 15) is 13.2 Å². The van der Waals surface area contributed by atoms with Crippen LogP contribution in [0.1, 0.15) is 16.7 Å². The van der Waals surface area contributed by atoms with E-state index in [2.05, 4.69) is 26.5 Å². The summed E-state index contributed by atoms with van der Waals surface area (Å²) in [5, 5.41) is 4.99. The van der Waals surface area contributed by atoms with E-state index < -0.39 is 22.5 Å². The van der Waals surface area contributed by atoms with Gasteiger partial charge in [-0.15, -0.1) is 0 Å². The third-order valence-corrected chi connectivity index (χ3v) is 7.52. The fraction of sp³-hybridized carbons (Fsp3) is 0.200. The van der Waals surface area contributed by atoms with Crippen LogP contribution in [-0.4, -0.2) is 40.4 Å². The van der Waals surface area contributed by atoms with E-state index in [1.807, 2.05) is 12.1 Å². The van der Waals surface area contributed by atoms with Crippen LogP contribution in [0.4, 0.5) is 5.69 Å². The van der Waals surface area contributed by atoms with E-state index in [4.69, 9.17) is 32.7 Å². The first-order valence-corrected chi connectivity index (χ1v) is 14.2. The van der Waals surface area contributed by atoms with Crippen molar-refractivity contribution >= 4 is 67.0 Å². The highest BCUT2D eigenvalue weighted by Crippen LogP contribution is 2.37. The van der Waals surface area contributed by atoms with Gasteiger partial charge in [0, 0.05) is 10.0 Å². The maximum absolute atomic E-state index is 12.5. The van der Waals surface area contributed by atoms with Crippen LogP contribution in [0.2, 0.25) is 10.0 Å². The first-order valence-electron chi connectivity index (χ1n) is 10.8. The quantitative estimate of drug-likeness (QED) is 0.234. The molecule has 1 amide bonds. The Bertz CT molecular complexity index is 1420. The zero-order chi connectivity index (χ0) is 27.2. The van der Waals surface area contributed by atoms with Crippen molar-refractivity contribution in [1.29, 1.82) is 0 Å². The Balaban J connectivity index is 1.69. The van der Waals surface area contributed by atoms with Gasteiger partial charge in [-0.05, 0) is 75.9 Å². The number of nitrogens with zero attached hydrogens (tertiary/aromatic N) is 2. The highest BCUT2D eigenvalue weighted by atomic mass is 79.9. The number of hydrogen-bond donors (Lipinski definition) is 1. The monoisotopic (exact) mass is 627 g/mol. The van der Waals surface area contributed by atoms with E-state index in [1.165, 1.54) is 13.3 Å². The van der Waals surface area contributed by atoms with Gasteiger partial charge in [0.1, 0.15) is 13.2 Å². The average Bonchev–Trinajstić information content (AvgIpc) is 2.84. The molecule has 0 fully saturated rings. The minimum absolute atomic E-state index is 0.304. The predicted octanol–water partition coefficient (Wildman–Crippen LogP) is 5.57. The molecule has 12 heteroatoms. The molecule has 0 spiro atoms. The van der Waals surface area contributed by atoms with Crippen LogP contribution in [0.25, 0.3) is 0 Å². The normalized spacial score (nSPS) is 11.4. The molecule has 0 saturated heterocycles. The Morgan fingerprint density at radius 2 is 1.86 bits per heavy atom. The van der Waals surface area contributed by atoms with Crippen molar-refractivity contribution in [1.82, 2.24) is 5.43 Å². The average molecular weight is 629 g/mol. The van der Waals surface area contributed by atoms with Crippen LogP contribution >= 0.6 is 39.1 Å². The number of rotatable bonds is 10. The second-order valence-electron chi connectivity index (χ2n) is 7.90. The number of anilines is 1. The molecule has 0 unspecified atom stereocenters. The zero-order valence-electron chi connectivity index (χ0n) is 20.2. The smallest absolute Gasteiger partial charge is 0.260 e. The molecular formula is C25H24BrCl2N3O5S. The number of nitrogens with one attached hydrogen (secondary N) is 1. The van der Waals surface area contributed by atoms with Gasteiger partial charge in [0.05, 0.1) is 29.7 Å². The summed E-state index contributed by atoms with van der Waals surface area (Å²) in [6.45, 7) is 1.51. The summed E-state index contributed by atoms with van der Waals surface area (Å²) in [7, 11) is -2.25. The van der Waals surface area contributed by atoms with Crippen molar-refractivity contribution in [3.8, 4) is 11.5 Å². The van der Waals surface area contributed by atoms with Gasteiger partial charge in [-0.2, -0.15) is 5.10 Å². The highest BCUT2D eigenvalue weighted by Gasteiger charge is 2.23. The number of carbonyl (C=O) groups excluding carboxylic acids is 1. The van der Waals surface area contributed by atoms with Crippen LogP contribution in [0, 0.1) is 6.92 Å². The molecule has 8 nitrogen and oxygen atoms in total. The largest absolute Gasteiger partial charge is 0.493 e. The number of methoxy groups -OCH3 is 1. The van der Waals surface area contributed by atoms with E-state index >= 15 is 0 Å². The molecule has 0 atom stereocenters. The second-order valence-corrected chi connectivity index (χ2v) is 11.5. The lowest BCUT2D eigenvalue weighted by Gasteiger charge is -2.23. The Morgan fingerprint density at radius 3 is 2.51 bits per heavy atom. The second kappa shape index (κ2) is 12.6. The SMILES string of the molecule is COc1cc(/C=N\NC(=O)CN(c2cccc(Cl)c2C)S(C)(=O)=O)cc(Br)c1OCc1ccc(Cl)cc1. The number of hydrazone groups is 1. The highest BCUT2D eigenvalue weighted by molar-refractivity contribution is 9.10. The lowest BCUT2D eigenvalue weighted by Crippen LogP contribution is -2.39. The van der Waals surface area contributed by atoms with E-state index in [-0.39, 0.29) is 0 Å². The van der Waals surface area contributed by atoms with Gasteiger partial charge in [-0.25, -0.2) is 13.8 Å². The van der Waals surface area contributed by atoms with Crippen molar-refractivity contribution in [2.45, 2.75) is 13.5 Å². The molecule has 1 N–H and O–H groups in total. The van der Waals surface area contributed by atoms with Gasteiger partial charge in [0.25, 0.3) is 5.91 Å². The molecular weight excluding hydrogens is 605 g/mol. The summed E-state index contributed by atoms with van der Waals surface area (Å²) in [4.78, 5) is 12.5. The van der Waals surface area contributed by atoms with Crippen LogP contribution in [0.5, 0.6) is 11.5 Å². The molecule has 0 heterocycles. The van der Waals surface area contributed by atoms with E-state index in [1.54, 1.807) is 49.4 Å². The van der Waals surface area contributed by atoms with Crippen molar-refractivity contribution in [3.05, 3.63) is 85.8 Å². The Kier molecular flexibility index (Phi) is 9.83. The maximum atomic E-state index is 12.5. The summed E-state index contributed by atoms with van der Waals surface area (Å²) in [6, 6.07) is 15.6. The number of amides is 1. The zero-order valence-corrected chi connectivity index (χ0v) is 24.1. The first kappa shape index (κ1) is 28.8. The first-order chi connectivity index (χ1) is 17.5. The fourth-order valence-electron chi connectivity index (χ4n) is 3.28. The molecule has 0 aliphatic carbocycles. The summed E-state index contributed by atoms with van der Waals surface area (Å²) >= 11 is 15.5. The molecule has 0 radical (unpaired) electrons. The predicted molar refractivity (Wildman–Crippen MR) is 151 cm³/mol. The lowest BCUT2D eigenvalue weighted by atomic mass is 10.2. The van der Waals surface area contributed by atoms with Gasteiger partial charge >= 0.3 is 0 Å². The van der Waals surface area contributed by atoms with Crippen LogP contribution in [0.3, 0.4) is 0 Å². The summed E-state index contributed by atoms with van der Waals surface area (Å²) in [5.74, 6) is 0.324. The van der Waals surface area contributed by atoms with E-state index in [0.29, 0.717) is 49.4 Å². The molecule has 196 valence electrons. The number of sulfonamides is 1. The standard InChI is InChI=1S/C25H24BrCl2N3O5S/c1-16-21(28)5-4-6-22(16)31(37(3,33)34)14-24(32)30-29-13-18-11-20(26)25(23(12-18)35-2)36-15-17-7-9-19(27)10-8-17/h4-13H,14-15H2,1-3H3,(H,30,32)/b29-13-. The lowest BCUT2D eigenvalue weighted by molar-refractivity contribution is -0.119. The van der Waals surface area contributed by atoms with Gasteiger partial charge < -0.3 is 9.47 Å². The van der Waals surface area contributed by atoms with Gasteiger partial charge in [0.2, 0.25) is 10.0 Å². The molecule has 37 heavy (non-hydrogen) atoms. The molecule has 0 aromatic heterocycles. The molecule has 3 aromatic carbocycles.